The molecular formula is C12H20N2S. The molecule has 1 aromatic heterocycles. The topological polar surface area (TPSA) is 29.3 Å². The molecule has 1 aliphatic rings. The summed E-state index contributed by atoms with van der Waals surface area (Å²) in [5.41, 5.74) is 6.14. The summed E-state index contributed by atoms with van der Waals surface area (Å²) in [6.45, 7) is 4.10. The van der Waals surface area contributed by atoms with Crippen molar-refractivity contribution in [3.8, 4) is 0 Å². The first kappa shape index (κ1) is 11.1. The van der Waals surface area contributed by atoms with Gasteiger partial charge in [-0.1, -0.05) is 6.07 Å². The second-order valence-corrected chi connectivity index (χ2v) is 5.80. The predicted octanol–water partition coefficient (Wildman–Crippen LogP) is 2.31. The van der Waals surface area contributed by atoms with Crippen LogP contribution in [0.5, 0.6) is 0 Å². The molecule has 0 aromatic carbocycles. The fraction of sp³-hybridized carbons (Fsp3) is 0.667. The van der Waals surface area contributed by atoms with Crippen molar-refractivity contribution in [2.75, 3.05) is 13.6 Å². The maximum atomic E-state index is 5.94. The molecule has 1 heterocycles. The molecule has 0 bridgehead atoms. The Morgan fingerprint density at radius 3 is 2.80 bits per heavy atom. The summed E-state index contributed by atoms with van der Waals surface area (Å²) in [6, 6.07) is 4.32. The van der Waals surface area contributed by atoms with Gasteiger partial charge >= 0.3 is 0 Å². The van der Waals surface area contributed by atoms with Crippen molar-refractivity contribution < 1.29 is 0 Å². The lowest BCUT2D eigenvalue weighted by molar-refractivity contribution is 0.114. The van der Waals surface area contributed by atoms with Crippen LogP contribution in [-0.2, 0) is 6.54 Å². The Morgan fingerprint density at radius 1 is 1.60 bits per heavy atom. The van der Waals surface area contributed by atoms with Gasteiger partial charge in [-0.3, -0.25) is 4.90 Å². The highest BCUT2D eigenvalue weighted by Gasteiger charge is 2.43. The second-order valence-electron chi connectivity index (χ2n) is 4.77. The first-order chi connectivity index (χ1) is 7.16. The molecule has 3 heteroatoms. The zero-order valence-electron chi connectivity index (χ0n) is 9.57. The minimum atomic E-state index is 0.198. The van der Waals surface area contributed by atoms with E-state index in [2.05, 4.69) is 36.4 Å². The maximum absolute atomic E-state index is 5.94. The molecule has 1 atom stereocenters. The Bertz CT molecular complexity index is 305. The standard InChI is InChI=1S/C12H20N2S/c1-12(9-13,10-5-6-10)14(2)8-11-4-3-7-15-11/h3-4,7,10H,5-6,8-9,13H2,1-2H3. The van der Waals surface area contributed by atoms with Crippen molar-refractivity contribution >= 4 is 11.3 Å². The zero-order valence-corrected chi connectivity index (χ0v) is 10.4. The Balaban J connectivity index is 2.02. The molecule has 0 saturated heterocycles. The highest BCUT2D eigenvalue weighted by molar-refractivity contribution is 7.09. The van der Waals surface area contributed by atoms with Gasteiger partial charge in [0.1, 0.15) is 0 Å². The molecule has 84 valence electrons. The number of hydrogen-bond donors (Lipinski definition) is 1. The van der Waals surface area contributed by atoms with E-state index in [0.717, 1.165) is 19.0 Å². The number of nitrogens with two attached hydrogens (primary N) is 1. The number of likely N-dealkylation sites (N-methyl/N-ethyl adjacent to an activating group) is 1. The van der Waals surface area contributed by atoms with Crippen molar-refractivity contribution in [3.05, 3.63) is 22.4 Å². The van der Waals surface area contributed by atoms with Crippen LogP contribution in [-0.4, -0.2) is 24.0 Å². The smallest absolute Gasteiger partial charge is 0.0332 e. The summed E-state index contributed by atoms with van der Waals surface area (Å²) in [4.78, 5) is 3.86. The molecule has 0 radical (unpaired) electrons. The van der Waals surface area contributed by atoms with Gasteiger partial charge in [0.25, 0.3) is 0 Å². The highest BCUT2D eigenvalue weighted by atomic mass is 32.1. The average molecular weight is 224 g/mol. The first-order valence-electron chi connectivity index (χ1n) is 5.60. The largest absolute Gasteiger partial charge is 0.329 e. The molecule has 2 N–H and O–H groups in total. The lowest BCUT2D eigenvalue weighted by atomic mass is 9.94. The molecule has 1 aliphatic carbocycles. The molecule has 1 fully saturated rings. The zero-order chi connectivity index (χ0) is 10.9. The summed E-state index contributed by atoms with van der Waals surface area (Å²) >= 11 is 1.83. The van der Waals surface area contributed by atoms with Crippen LogP contribution in [0, 0.1) is 5.92 Å². The van der Waals surface area contributed by atoms with E-state index in [0.29, 0.717) is 0 Å². The molecule has 0 spiro atoms. The molecule has 0 amide bonds. The summed E-state index contributed by atoms with van der Waals surface area (Å²) in [5.74, 6) is 0.812. The molecule has 1 unspecified atom stereocenters. The number of hydrogen-bond acceptors (Lipinski definition) is 3. The van der Waals surface area contributed by atoms with Crippen molar-refractivity contribution in [1.29, 1.82) is 0 Å². The molecular weight excluding hydrogens is 204 g/mol. The minimum absolute atomic E-state index is 0.198. The van der Waals surface area contributed by atoms with E-state index < -0.39 is 0 Å². The Kier molecular flexibility index (Phi) is 3.14. The fourth-order valence-electron chi connectivity index (χ4n) is 2.16. The third-order valence-corrected chi connectivity index (χ3v) is 4.58. The van der Waals surface area contributed by atoms with Crippen molar-refractivity contribution in [2.45, 2.75) is 31.8 Å². The van der Waals surface area contributed by atoms with Gasteiger partial charge in [-0.15, -0.1) is 11.3 Å². The average Bonchev–Trinajstić information content (AvgIpc) is 2.98. The minimum Gasteiger partial charge on any atom is -0.329 e. The summed E-state index contributed by atoms with van der Waals surface area (Å²) in [5, 5.41) is 2.14. The third-order valence-electron chi connectivity index (χ3n) is 3.72. The number of thiophene rings is 1. The van der Waals surface area contributed by atoms with Crippen LogP contribution in [0.3, 0.4) is 0 Å². The first-order valence-corrected chi connectivity index (χ1v) is 6.48. The monoisotopic (exact) mass is 224 g/mol. The quantitative estimate of drug-likeness (QED) is 0.831. The second kappa shape index (κ2) is 4.24. The van der Waals surface area contributed by atoms with Crippen LogP contribution in [0.15, 0.2) is 17.5 Å². The normalized spacial score (nSPS) is 20.5. The van der Waals surface area contributed by atoms with Gasteiger partial charge in [0.15, 0.2) is 0 Å². The highest BCUT2D eigenvalue weighted by Crippen LogP contribution is 2.42. The molecule has 2 rings (SSSR count). The van der Waals surface area contributed by atoms with E-state index in [-0.39, 0.29) is 5.54 Å². The summed E-state index contributed by atoms with van der Waals surface area (Å²) < 4.78 is 0. The van der Waals surface area contributed by atoms with Gasteiger partial charge in [0.05, 0.1) is 0 Å². The van der Waals surface area contributed by atoms with Crippen molar-refractivity contribution in [1.82, 2.24) is 4.90 Å². The summed E-state index contributed by atoms with van der Waals surface area (Å²) in [7, 11) is 2.20. The van der Waals surface area contributed by atoms with Gasteiger partial charge in [0, 0.05) is 23.5 Å². The van der Waals surface area contributed by atoms with E-state index >= 15 is 0 Å². The van der Waals surface area contributed by atoms with Crippen molar-refractivity contribution in [2.24, 2.45) is 11.7 Å². The van der Waals surface area contributed by atoms with Gasteiger partial charge < -0.3 is 5.73 Å². The lowest BCUT2D eigenvalue weighted by Crippen LogP contribution is -2.50. The van der Waals surface area contributed by atoms with E-state index in [1.54, 1.807) is 0 Å². The molecule has 2 nitrogen and oxygen atoms in total. The third kappa shape index (κ3) is 2.25. The number of nitrogens with zero attached hydrogens (tertiary/aromatic N) is 1. The van der Waals surface area contributed by atoms with Crippen LogP contribution in [0.4, 0.5) is 0 Å². The molecule has 0 aliphatic heterocycles. The van der Waals surface area contributed by atoms with Crippen LogP contribution in [0.1, 0.15) is 24.6 Å². The van der Waals surface area contributed by atoms with Crippen LogP contribution in [0.2, 0.25) is 0 Å². The van der Waals surface area contributed by atoms with Gasteiger partial charge in [0.2, 0.25) is 0 Å². The van der Waals surface area contributed by atoms with E-state index in [1.807, 2.05) is 11.3 Å². The predicted molar refractivity (Wildman–Crippen MR) is 66.0 cm³/mol. The maximum Gasteiger partial charge on any atom is 0.0332 e. The van der Waals surface area contributed by atoms with E-state index in [9.17, 15) is 0 Å². The van der Waals surface area contributed by atoms with E-state index in [4.69, 9.17) is 5.73 Å². The van der Waals surface area contributed by atoms with Gasteiger partial charge in [-0.25, -0.2) is 0 Å². The molecule has 1 saturated carbocycles. The fourth-order valence-corrected chi connectivity index (χ4v) is 2.91. The molecule has 15 heavy (non-hydrogen) atoms. The van der Waals surface area contributed by atoms with E-state index in [1.165, 1.54) is 17.7 Å². The van der Waals surface area contributed by atoms with Crippen LogP contribution < -0.4 is 5.73 Å². The van der Waals surface area contributed by atoms with Crippen LogP contribution >= 0.6 is 11.3 Å². The molecule has 1 aromatic rings. The lowest BCUT2D eigenvalue weighted by Gasteiger charge is -2.38. The Hall–Kier alpha value is -0.380. The van der Waals surface area contributed by atoms with Gasteiger partial charge in [-0.05, 0) is 44.2 Å². The van der Waals surface area contributed by atoms with Gasteiger partial charge in [-0.2, -0.15) is 0 Å². The Labute approximate surface area is 96.1 Å². The SMILES string of the molecule is CN(Cc1cccs1)C(C)(CN)C1CC1. The summed E-state index contributed by atoms with van der Waals surface area (Å²) in [6.07, 6.45) is 2.70. The van der Waals surface area contributed by atoms with Crippen molar-refractivity contribution in [3.63, 3.8) is 0 Å². The van der Waals surface area contributed by atoms with Crippen LogP contribution in [0.25, 0.3) is 0 Å². The Morgan fingerprint density at radius 2 is 2.33 bits per heavy atom. The number of rotatable bonds is 5.